The topological polar surface area (TPSA) is 70.5 Å². The zero-order chi connectivity index (χ0) is 22.7. The Labute approximate surface area is 190 Å². The monoisotopic (exact) mass is 455 g/mol. The highest BCUT2D eigenvalue weighted by Gasteiger charge is 2.22. The first-order valence-corrected chi connectivity index (χ1v) is 10.7. The molecule has 1 aromatic heterocycles. The summed E-state index contributed by atoms with van der Waals surface area (Å²) in [7, 11) is 0. The number of nitrogens with zero attached hydrogens (tertiary/aromatic N) is 4. The van der Waals surface area contributed by atoms with E-state index in [0.717, 1.165) is 5.69 Å². The van der Waals surface area contributed by atoms with Crippen molar-refractivity contribution < 1.29 is 14.0 Å². The Balaban J connectivity index is 1.30. The van der Waals surface area contributed by atoms with Crippen LogP contribution in [0.4, 0.5) is 10.1 Å². The molecule has 1 N–H and O–H groups in total. The van der Waals surface area contributed by atoms with Crippen LogP contribution >= 0.6 is 11.6 Å². The molecule has 166 valence electrons. The molecule has 0 spiro atoms. The summed E-state index contributed by atoms with van der Waals surface area (Å²) in [5, 5.41) is 7.60. The van der Waals surface area contributed by atoms with Crippen molar-refractivity contribution in [1.82, 2.24) is 20.0 Å². The maximum absolute atomic E-state index is 13.2. The number of amides is 2. The van der Waals surface area contributed by atoms with E-state index in [1.807, 2.05) is 24.3 Å². The second-order valence-electron chi connectivity index (χ2n) is 7.56. The van der Waals surface area contributed by atoms with Crippen LogP contribution in [0.1, 0.15) is 16.1 Å². The molecule has 32 heavy (non-hydrogen) atoms. The molecule has 0 bridgehead atoms. The fourth-order valence-electron chi connectivity index (χ4n) is 3.70. The SMILES string of the molecule is Cc1c(C(=O)NCC(=O)N2CCN(c3ccc(Cl)cc3)CC2)cnn1-c1ccc(F)cc1. The summed E-state index contributed by atoms with van der Waals surface area (Å²) in [4.78, 5) is 29.1. The summed E-state index contributed by atoms with van der Waals surface area (Å²) in [5.41, 5.74) is 2.70. The predicted octanol–water partition coefficient (Wildman–Crippen LogP) is 3.05. The molecule has 0 saturated carbocycles. The van der Waals surface area contributed by atoms with Crippen LogP contribution in [0.3, 0.4) is 0 Å². The lowest BCUT2D eigenvalue weighted by molar-refractivity contribution is -0.130. The van der Waals surface area contributed by atoms with Gasteiger partial charge >= 0.3 is 0 Å². The molecule has 2 heterocycles. The quantitative estimate of drug-likeness (QED) is 0.642. The van der Waals surface area contributed by atoms with E-state index in [1.54, 1.807) is 28.6 Å². The van der Waals surface area contributed by atoms with Crippen LogP contribution in [0, 0.1) is 12.7 Å². The van der Waals surface area contributed by atoms with E-state index in [4.69, 9.17) is 11.6 Å². The molecule has 0 radical (unpaired) electrons. The van der Waals surface area contributed by atoms with Gasteiger partial charge in [-0.3, -0.25) is 9.59 Å². The van der Waals surface area contributed by atoms with Crippen LogP contribution in [0.15, 0.2) is 54.7 Å². The predicted molar refractivity (Wildman–Crippen MR) is 121 cm³/mol. The Bertz CT molecular complexity index is 1110. The molecule has 1 aliphatic heterocycles. The van der Waals surface area contributed by atoms with Gasteiger partial charge in [0.25, 0.3) is 5.91 Å². The number of nitrogens with one attached hydrogen (secondary N) is 1. The molecule has 9 heteroatoms. The zero-order valence-electron chi connectivity index (χ0n) is 17.6. The van der Waals surface area contributed by atoms with Crippen molar-refractivity contribution >= 4 is 29.1 Å². The van der Waals surface area contributed by atoms with Crippen LogP contribution in [-0.2, 0) is 4.79 Å². The van der Waals surface area contributed by atoms with Gasteiger partial charge in [0.05, 0.1) is 29.7 Å². The molecule has 1 aliphatic rings. The smallest absolute Gasteiger partial charge is 0.255 e. The zero-order valence-corrected chi connectivity index (χ0v) is 18.3. The summed E-state index contributed by atoms with van der Waals surface area (Å²) < 4.78 is 14.7. The molecule has 1 saturated heterocycles. The fraction of sp³-hybridized carbons (Fsp3) is 0.261. The maximum atomic E-state index is 13.2. The second-order valence-corrected chi connectivity index (χ2v) is 8.00. The van der Waals surface area contributed by atoms with Gasteiger partial charge in [-0.2, -0.15) is 5.10 Å². The first-order chi connectivity index (χ1) is 15.4. The standard InChI is InChI=1S/C23H23ClFN5O2/c1-16-21(14-27-30(16)20-8-4-18(25)5-9-20)23(32)26-15-22(31)29-12-10-28(11-13-29)19-6-2-17(24)3-7-19/h2-9,14H,10-13,15H2,1H3,(H,26,32). The highest BCUT2D eigenvalue weighted by atomic mass is 35.5. The van der Waals surface area contributed by atoms with E-state index in [9.17, 15) is 14.0 Å². The molecule has 2 amide bonds. The van der Waals surface area contributed by atoms with Crippen molar-refractivity contribution in [3.05, 3.63) is 76.8 Å². The van der Waals surface area contributed by atoms with Crippen LogP contribution < -0.4 is 10.2 Å². The molecule has 0 unspecified atom stereocenters. The minimum Gasteiger partial charge on any atom is -0.368 e. The molecule has 4 rings (SSSR count). The van der Waals surface area contributed by atoms with E-state index in [-0.39, 0.29) is 24.2 Å². The number of benzene rings is 2. The highest BCUT2D eigenvalue weighted by Crippen LogP contribution is 2.19. The van der Waals surface area contributed by atoms with Gasteiger partial charge in [0.1, 0.15) is 5.82 Å². The molecule has 3 aromatic rings. The molecule has 1 fully saturated rings. The lowest BCUT2D eigenvalue weighted by atomic mass is 10.2. The number of hydrogen-bond donors (Lipinski definition) is 1. The number of carbonyl (C=O) groups is 2. The number of anilines is 1. The lowest BCUT2D eigenvalue weighted by Crippen LogP contribution is -2.51. The van der Waals surface area contributed by atoms with E-state index in [0.29, 0.717) is 48.1 Å². The van der Waals surface area contributed by atoms with Crippen molar-refractivity contribution in [3.63, 3.8) is 0 Å². The minimum atomic E-state index is -0.371. The van der Waals surface area contributed by atoms with Crippen molar-refractivity contribution in [2.45, 2.75) is 6.92 Å². The number of piperazine rings is 1. The number of halogens is 2. The highest BCUT2D eigenvalue weighted by molar-refractivity contribution is 6.30. The molecule has 2 aromatic carbocycles. The van der Waals surface area contributed by atoms with Crippen molar-refractivity contribution in [3.8, 4) is 5.69 Å². The van der Waals surface area contributed by atoms with Crippen molar-refractivity contribution in [1.29, 1.82) is 0 Å². The van der Waals surface area contributed by atoms with Crippen molar-refractivity contribution in [2.75, 3.05) is 37.6 Å². The van der Waals surface area contributed by atoms with E-state index < -0.39 is 0 Å². The summed E-state index contributed by atoms with van der Waals surface area (Å²) in [6.45, 7) is 4.26. The first-order valence-electron chi connectivity index (χ1n) is 10.3. The summed E-state index contributed by atoms with van der Waals surface area (Å²) in [6.07, 6.45) is 1.45. The average molecular weight is 456 g/mol. The van der Waals surface area contributed by atoms with Crippen LogP contribution in [0.2, 0.25) is 5.02 Å². The molecule has 0 atom stereocenters. The third-order valence-electron chi connectivity index (χ3n) is 5.55. The number of hydrogen-bond acceptors (Lipinski definition) is 4. The van der Waals surface area contributed by atoms with Crippen LogP contribution in [0.25, 0.3) is 5.69 Å². The Morgan fingerprint density at radius 2 is 1.62 bits per heavy atom. The number of carbonyl (C=O) groups excluding carboxylic acids is 2. The average Bonchev–Trinajstić information content (AvgIpc) is 3.20. The Morgan fingerprint density at radius 3 is 2.28 bits per heavy atom. The third kappa shape index (κ3) is 4.75. The van der Waals surface area contributed by atoms with Gasteiger partial charge in [0, 0.05) is 36.9 Å². The molecular weight excluding hydrogens is 433 g/mol. The van der Waals surface area contributed by atoms with Gasteiger partial charge in [-0.05, 0) is 55.5 Å². The fourth-order valence-corrected chi connectivity index (χ4v) is 3.83. The lowest BCUT2D eigenvalue weighted by Gasteiger charge is -2.36. The number of aromatic nitrogens is 2. The van der Waals surface area contributed by atoms with Gasteiger partial charge in [0.15, 0.2) is 0 Å². The van der Waals surface area contributed by atoms with Gasteiger partial charge in [0.2, 0.25) is 5.91 Å². The Kier molecular flexibility index (Phi) is 6.41. The summed E-state index contributed by atoms with van der Waals surface area (Å²) >= 11 is 5.94. The summed E-state index contributed by atoms with van der Waals surface area (Å²) in [6, 6.07) is 13.5. The first kappa shape index (κ1) is 21.8. The maximum Gasteiger partial charge on any atom is 0.255 e. The van der Waals surface area contributed by atoms with Crippen molar-refractivity contribution in [2.24, 2.45) is 0 Å². The minimum absolute atomic E-state index is 0.0824. The molecular formula is C23H23ClFN5O2. The normalized spacial score (nSPS) is 13.8. The van der Waals surface area contributed by atoms with Gasteiger partial charge in [-0.25, -0.2) is 9.07 Å². The Morgan fingerprint density at radius 1 is 1.00 bits per heavy atom. The number of rotatable bonds is 5. The van der Waals surface area contributed by atoms with Crippen LogP contribution in [-0.4, -0.2) is 59.2 Å². The van der Waals surface area contributed by atoms with Crippen LogP contribution in [0.5, 0.6) is 0 Å². The van der Waals surface area contributed by atoms with Gasteiger partial charge in [-0.15, -0.1) is 0 Å². The molecule has 0 aliphatic carbocycles. The summed E-state index contributed by atoms with van der Waals surface area (Å²) in [5.74, 6) is -0.842. The largest absolute Gasteiger partial charge is 0.368 e. The third-order valence-corrected chi connectivity index (χ3v) is 5.80. The second kappa shape index (κ2) is 9.40. The van der Waals surface area contributed by atoms with E-state index in [2.05, 4.69) is 15.3 Å². The van der Waals surface area contributed by atoms with Gasteiger partial charge < -0.3 is 15.1 Å². The molecule has 7 nitrogen and oxygen atoms in total. The van der Waals surface area contributed by atoms with E-state index in [1.165, 1.54) is 18.3 Å². The van der Waals surface area contributed by atoms with Gasteiger partial charge in [-0.1, -0.05) is 11.6 Å². The Hall–Kier alpha value is -3.39. The van der Waals surface area contributed by atoms with E-state index >= 15 is 0 Å².